The first-order chi connectivity index (χ1) is 16.0. The van der Waals surface area contributed by atoms with Crippen LogP contribution >= 0.6 is 23.1 Å². The van der Waals surface area contributed by atoms with E-state index in [1.54, 1.807) is 34.5 Å². The van der Waals surface area contributed by atoms with Crippen LogP contribution in [0.3, 0.4) is 0 Å². The van der Waals surface area contributed by atoms with E-state index in [1.807, 2.05) is 25.1 Å². The molecule has 1 amide bonds. The number of aromatic nitrogens is 2. The molecule has 33 heavy (non-hydrogen) atoms. The number of fused-ring (bicyclic) bond motifs is 2. The SMILES string of the molecule is Cc1ccc2c(c1)N(C(=O)CSc1nc3ccsc3c(=O)n1Cc1ccccc1F)CCO2. The summed E-state index contributed by atoms with van der Waals surface area (Å²) < 4.78 is 22.0. The molecule has 0 unspecified atom stereocenters. The fourth-order valence-corrected chi connectivity index (χ4v) is 5.41. The topological polar surface area (TPSA) is 64.4 Å². The Kier molecular flexibility index (Phi) is 5.90. The number of benzene rings is 2. The van der Waals surface area contributed by atoms with Gasteiger partial charge in [0.05, 0.1) is 30.0 Å². The van der Waals surface area contributed by atoms with Crippen LogP contribution in [0.25, 0.3) is 10.2 Å². The van der Waals surface area contributed by atoms with Gasteiger partial charge < -0.3 is 9.64 Å². The Morgan fingerprint density at radius 2 is 2.09 bits per heavy atom. The highest BCUT2D eigenvalue weighted by Gasteiger charge is 2.25. The maximum absolute atomic E-state index is 14.3. The maximum Gasteiger partial charge on any atom is 0.272 e. The van der Waals surface area contributed by atoms with Gasteiger partial charge in [0.15, 0.2) is 5.16 Å². The predicted molar refractivity (Wildman–Crippen MR) is 129 cm³/mol. The van der Waals surface area contributed by atoms with E-state index in [0.717, 1.165) is 11.3 Å². The molecule has 2 aromatic carbocycles. The highest BCUT2D eigenvalue weighted by molar-refractivity contribution is 7.99. The molecule has 3 heterocycles. The largest absolute Gasteiger partial charge is 0.490 e. The second kappa shape index (κ2) is 8.99. The summed E-state index contributed by atoms with van der Waals surface area (Å²) in [5.74, 6) is 0.280. The lowest BCUT2D eigenvalue weighted by molar-refractivity contribution is -0.116. The molecule has 0 saturated heterocycles. The van der Waals surface area contributed by atoms with Crippen molar-refractivity contribution in [2.75, 3.05) is 23.8 Å². The van der Waals surface area contributed by atoms with Gasteiger partial charge in [-0.1, -0.05) is 36.0 Å². The molecule has 1 aliphatic heterocycles. The molecule has 168 valence electrons. The van der Waals surface area contributed by atoms with E-state index in [2.05, 4.69) is 4.98 Å². The zero-order chi connectivity index (χ0) is 22.9. The summed E-state index contributed by atoms with van der Waals surface area (Å²) in [4.78, 5) is 32.6. The summed E-state index contributed by atoms with van der Waals surface area (Å²) in [6.45, 7) is 2.88. The van der Waals surface area contributed by atoms with Gasteiger partial charge in [0.2, 0.25) is 5.91 Å². The Bertz CT molecular complexity index is 1420. The van der Waals surface area contributed by atoms with Crippen LogP contribution in [-0.4, -0.2) is 34.4 Å². The van der Waals surface area contributed by atoms with Gasteiger partial charge >= 0.3 is 0 Å². The molecule has 4 aromatic rings. The summed E-state index contributed by atoms with van der Waals surface area (Å²) in [5, 5.41) is 2.19. The van der Waals surface area contributed by atoms with E-state index < -0.39 is 0 Å². The van der Waals surface area contributed by atoms with E-state index in [1.165, 1.54) is 33.7 Å². The van der Waals surface area contributed by atoms with Gasteiger partial charge in [0.25, 0.3) is 5.56 Å². The number of carbonyl (C=O) groups is 1. The van der Waals surface area contributed by atoms with Crippen LogP contribution < -0.4 is 15.2 Å². The van der Waals surface area contributed by atoms with Crippen molar-refractivity contribution in [1.29, 1.82) is 0 Å². The number of aryl methyl sites for hydroxylation is 1. The molecule has 0 saturated carbocycles. The van der Waals surface area contributed by atoms with Gasteiger partial charge in [-0.2, -0.15) is 0 Å². The van der Waals surface area contributed by atoms with Crippen LogP contribution in [0.5, 0.6) is 5.75 Å². The monoisotopic (exact) mass is 481 g/mol. The number of thiophene rings is 1. The van der Waals surface area contributed by atoms with Crippen molar-refractivity contribution in [3.05, 3.63) is 81.2 Å². The Morgan fingerprint density at radius 3 is 2.94 bits per heavy atom. The van der Waals surface area contributed by atoms with Crippen molar-refractivity contribution < 1.29 is 13.9 Å². The number of amides is 1. The number of carbonyl (C=O) groups excluding carboxylic acids is 1. The van der Waals surface area contributed by atoms with Gasteiger partial charge in [-0.3, -0.25) is 14.2 Å². The smallest absolute Gasteiger partial charge is 0.272 e. The van der Waals surface area contributed by atoms with Gasteiger partial charge in [-0.15, -0.1) is 11.3 Å². The van der Waals surface area contributed by atoms with Crippen molar-refractivity contribution >= 4 is 44.9 Å². The Morgan fingerprint density at radius 1 is 1.24 bits per heavy atom. The normalized spacial score (nSPS) is 13.1. The second-order valence-electron chi connectivity index (χ2n) is 7.67. The first-order valence-corrected chi connectivity index (χ1v) is 12.3. The van der Waals surface area contributed by atoms with Crippen molar-refractivity contribution in [1.82, 2.24) is 9.55 Å². The third kappa shape index (κ3) is 4.26. The molecule has 5 rings (SSSR count). The summed E-state index contributed by atoms with van der Waals surface area (Å²) in [6.07, 6.45) is 0. The number of rotatable bonds is 5. The van der Waals surface area contributed by atoms with Crippen molar-refractivity contribution in [3.8, 4) is 5.75 Å². The van der Waals surface area contributed by atoms with E-state index in [0.29, 0.717) is 39.8 Å². The number of halogens is 1. The van der Waals surface area contributed by atoms with Gasteiger partial charge in [0.1, 0.15) is 22.9 Å². The molecule has 9 heteroatoms. The van der Waals surface area contributed by atoms with Crippen molar-refractivity contribution in [2.45, 2.75) is 18.6 Å². The van der Waals surface area contributed by atoms with Crippen LogP contribution in [0.15, 0.2) is 63.9 Å². The van der Waals surface area contributed by atoms with E-state index >= 15 is 0 Å². The third-order valence-corrected chi connectivity index (χ3v) is 7.27. The maximum atomic E-state index is 14.3. The highest BCUT2D eigenvalue weighted by Crippen LogP contribution is 2.33. The first-order valence-electron chi connectivity index (χ1n) is 10.4. The minimum Gasteiger partial charge on any atom is -0.490 e. The number of hydrogen-bond acceptors (Lipinski definition) is 6. The molecule has 0 N–H and O–H groups in total. The minimum absolute atomic E-state index is 0.0441. The standard InChI is InChI=1S/C24H20FN3O3S2/c1-15-6-7-20-19(12-15)27(9-10-31-20)21(29)14-33-24-26-18-8-11-32-22(18)23(30)28(24)13-16-4-2-3-5-17(16)25/h2-8,11-12H,9-10,13-14H2,1H3. The van der Waals surface area contributed by atoms with Crippen LogP contribution in [0.2, 0.25) is 0 Å². The Hall–Kier alpha value is -3.17. The Balaban J connectivity index is 1.45. The lowest BCUT2D eigenvalue weighted by Crippen LogP contribution is -2.39. The third-order valence-electron chi connectivity index (χ3n) is 5.42. The molecule has 0 fully saturated rings. The molecule has 6 nitrogen and oxygen atoms in total. The van der Waals surface area contributed by atoms with Gasteiger partial charge in [-0.05, 0) is 42.1 Å². The zero-order valence-corrected chi connectivity index (χ0v) is 19.4. The van der Waals surface area contributed by atoms with Gasteiger partial charge in [0, 0.05) is 5.56 Å². The lowest BCUT2D eigenvalue weighted by Gasteiger charge is -2.29. The average molecular weight is 482 g/mol. The number of nitrogens with zero attached hydrogens (tertiary/aromatic N) is 3. The average Bonchev–Trinajstić information content (AvgIpc) is 3.29. The second-order valence-corrected chi connectivity index (χ2v) is 9.52. The van der Waals surface area contributed by atoms with E-state index in [9.17, 15) is 14.0 Å². The van der Waals surface area contributed by atoms with Crippen molar-refractivity contribution in [3.63, 3.8) is 0 Å². The van der Waals surface area contributed by atoms with Crippen molar-refractivity contribution in [2.24, 2.45) is 0 Å². The summed E-state index contributed by atoms with van der Waals surface area (Å²) in [7, 11) is 0. The van der Waals surface area contributed by atoms with Crippen LogP contribution in [0, 0.1) is 12.7 Å². The summed E-state index contributed by atoms with van der Waals surface area (Å²) in [6, 6.07) is 13.9. The molecular weight excluding hydrogens is 461 g/mol. The van der Waals surface area contributed by atoms with E-state index in [-0.39, 0.29) is 29.6 Å². The molecule has 0 radical (unpaired) electrons. The predicted octanol–water partition coefficient (Wildman–Crippen LogP) is 4.47. The lowest BCUT2D eigenvalue weighted by atomic mass is 10.1. The van der Waals surface area contributed by atoms with Crippen LogP contribution in [-0.2, 0) is 11.3 Å². The first kappa shape index (κ1) is 21.7. The molecule has 0 bridgehead atoms. The Labute approximate surface area is 197 Å². The summed E-state index contributed by atoms with van der Waals surface area (Å²) in [5.41, 5.74) is 2.52. The van der Waals surface area contributed by atoms with Crippen LogP contribution in [0.4, 0.5) is 10.1 Å². The number of anilines is 1. The minimum atomic E-state index is -0.386. The number of ether oxygens (including phenoxy) is 1. The number of thioether (sulfide) groups is 1. The van der Waals surface area contributed by atoms with Gasteiger partial charge in [-0.25, -0.2) is 9.37 Å². The number of hydrogen-bond donors (Lipinski definition) is 0. The summed E-state index contributed by atoms with van der Waals surface area (Å²) >= 11 is 2.49. The van der Waals surface area contributed by atoms with Crippen LogP contribution in [0.1, 0.15) is 11.1 Å². The molecule has 2 aromatic heterocycles. The molecule has 0 aliphatic carbocycles. The fraction of sp³-hybridized carbons (Fsp3) is 0.208. The quantitative estimate of drug-likeness (QED) is 0.311. The molecular formula is C24H20FN3O3S2. The highest BCUT2D eigenvalue weighted by atomic mass is 32.2. The zero-order valence-electron chi connectivity index (χ0n) is 17.8. The fourth-order valence-electron chi connectivity index (χ4n) is 3.76. The molecule has 1 aliphatic rings. The molecule has 0 atom stereocenters. The van der Waals surface area contributed by atoms with E-state index in [4.69, 9.17) is 4.74 Å². The molecule has 0 spiro atoms.